The topological polar surface area (TPSA) is 69.0 Å². The number of pyridine rings is 1. The van der Waals surface area contributed by atoms with Crippen molar-refractivity contribution in [1.82, 2.24) is 15.2 Å². The Morgan fingerprint density at radius 2 is 1.97 bits per heavy atom. The normalized spacial score (nSPS) is 14.0. The molecule has 0 saturated carbocycles. The second-order valence-corrected chi connectivity index (χ2v) is 6.99. The molecule has 1 aromatic heterocycles. The van der Waals surface area contributed by atoms with E-state index in [1.54, 1.807) is 36.5 Å². The number of nitrogens with zero attached hydrogens (tertiary/aromatic N) is 3. The number of hydrogen-bond donors (Lipinski definition) is 1. The molecule has 0 spiro atoms. The van der Waals surface area contributed by atoms with E-state index in [1.165, 1.54) is 12.3 Å². The minimum absolute atomic E-state index is 0. The summed E-state index contributed by atoms with van der Waals surface area (Å²) >= 11 is 0. The first kappa shape index (κ1) is 21.4. The van der Waals surface area contributed by atoms with Crippen LogP contribution in [-0.4, -0.2) is 22.3 Å². The number of carbonyl (C=O) groups excluding carboxylic acids is 1. The second-order valence-electron chi connectivity index (χ2n) is 6.99. The number of amides is 1. The lowest BCUT2D eigenvalue weighted by molar-refractivity contribution is 0.0824. The summed E-state index contributed by atoms with van der Waals surface area (Å²) in [6.07, 6.45) is 3.49. The highest BCUT2D eigenvalue weighted by atomic mass is 35.5. The number of rotatable bonds is 4. The van der Waals surface area contributed by atoms with E-state index in [0.717, 1.165) is 29.7 Å². The van der Waals surface area contributed by atoms with Crippen LogP contribution < -0.4 is 5.32 Å². The van der Waals surface area contributed by atoms with Crippen molar-refractivity contribution in [2.24, 2.45) is 0 Å². The molecule has 1 aliphatic rings. The van der Waals surface area contributed by atoms with Crippen LogP contribution >= 0.6 is 12.4 Å². The van der Waals surface area contributed by atoms with Crippen molar-refractivity contribution >= 4 is 18.3 Å². The van der Waals surface area contributed by atoms with Gasteiger partial charge < -0.3 is 5.32 Å². The van der Waals surface area contributed by atoms with E-state index in [9.17, 15) is 9.18 Å². The molecule has 0 radical (unpaired) electrons. The molecule has 3 aromatic rings. The third-order valence-corrected chi connectivity index (χ3v) is 5.12. The van der Waals surface area contributed by atoms with Gasteiger partial charge in [0, 0.05) is 25.5 Å². The van der Waals surface area contributed by atoms with Crippen LogP contribution in [0.5, 0.6) is 0 Å². The van der Waals surface area contributed by atoms with Gasteiger partial charge in [0.15, 0.2) is 0 Å². The molecule has 1 N–H and O–H groups in total. The SMILES string of the molecule is Cl.N#Cc1ccc(C(NC(=O)c2cccnc2)N2CCc3ccc(F)cc3C2)cc1. The van der Waals surface area contributed by atoms with Crippen LogP contribution in [0.25, 0.3) is 0 Å². The predicted octanol–water partition coefficient (Wildman–Crippen LogP) is 4.00. The minimum atomic E-state index is -0.410. The molecule has 0 saturated heterocycles. The van der Waals surface area contributed by atoms with Crippen molar-refractivity contribution in [2.75, 3.05) is 6.54 Å². The highest BCUT2D eigenvalue weighted by Gasteiger charge is 2.27. The molecule has 7 heteroatoms. The fraction of sp³-hybridized carbons (Fsp3) is 0.174. The summed E-state index contributed by atoms with van der Waals surface area (Å²) in [5.74, 6) is -0.502. The maximum absolute atomic E-state index is 13.7. The maximum atomic E-state index is 13.7. The molecule has 1 aliphatic heterocycles. The van der Waals surface area contributed by atoms with E-state index in [4.69, 9.17) is 5.26 Å². The van der Waals surface area contributed by atoms with Crippen molar-refractivity contribution in [2.45, 2.75) is 19.1 Å². The molecule has 30 heavy (non-hydrogen) atoms. The largest absolute Gasteiger partial charge is 0.332 e. The number of halogens is 2. The van der Waals surface area contributed by atoms with Crippen LogP contribution in [0.4, 0.5) is 4.39 Å². The van der Waals surface area contributed by atoms with Crippen LogP contribution in [0, 0.1) is 17.1 Å². The number of nitrogens with one attached hydrogen (secondary N) is 1. The van der Waals surface area contributed by atoms with E-state index >= 15 is 0 Å². The molecule has 1 unspecified atom stereocenters. The predicted molar refractivity (Wildman–Crippen MR) is 113 cm³/mol. The zero-order valence-corrected chi connectivity index (χ0v) is 16.9. The Bertz CT molecular complexity index is 1070. The molecule has 0 aliphatic carbocycles. The van der Waals surface area contributed by atoms with Gasteiger partial charge in [-0.15, -0.1) is 12.4 Å². The monoisotopic (exact) mass is 422 g/mol. The van der Waals surface area contributed by atoms with Crippen LogP contribution in [0.15, 0.2) is 67.0 Å². The number of fused-ring (bicyclic) bond motifs is 1. The van der Waals surface area contributed by atoms with Crippen LogP contribution in [0.1, 0.15) is 38.8 Å². The van der Waals surface area contributed by atoms with Crippen molar-refractivity contribution in [3.8, 4) is 6.07 Å². The smallest absolute Gasteiger partial charge is 0.254 e. The first-order chi connectivity index (χ1) is 14.1. The molecule has 0 bridgehead atoms. The molecule has 5 nitrogen and oxygen atoms in total. The molecular weight excluding hydrogens is 403 g/mol. The second kappa shape index (κ2) is 9.49. The van der Waals surface area contributed by atoms with E-state index in [1.807, 2.05) is 18.2 Å². The molecule has 4 rings (SSSR count). The van der Waals surface area contributed by atoms with Gasteiger partial charge in [0.05, 0.1) is 17.2 Å². The van der Waals surface area contributed by atoms with Crippen molar-refractivity contribution in [1.29, 1.82) is 5.26 Å². The molecule has 0 fully saturated rings. The van der Waals surface area contributed by atoms with Gasteiger partial charge in [-0.05, 0) is 59.5 Å². The van der Waals surface area contributed by atoms with Gasteiger partial charge in [0.2, 0.25) is 0 Å². The zero-order chi connectivity index (χ0) is 20.2. The maximum Gasteiger partial charge on any atom is 0.254 e. The fourth-order valence-electron chi connectivity index (χ4n) is 3.60. The van der Waals surface area contributed by atoms with Crippen LogP contribution in [-0.2, 0) is 13.0 Å². The lowest BCUT2D eigenvalue weighted by Gasteiger charge is -2.36. The Kier molecular flexibility index (Phi) is 6.78. The van der Waals surface area contributed by atoms with E-state index in [0.29, 0.717) is 17.7 Å². The summed E-state index contributed by atoms with van der Waals surface area (Å²) in [6.45, 7) is 1.24. The summed E-state index contributed by atoms with van der Waals surface area (Å²) in [7, 11) is 0. The van der Waals surface area contributed by atoms with Crippen molar-refractivity contribution in [3.63, 3.8) is 0 Å². The average Bonchev–Trinajstić information content (AvgIpc) is 2.77. The summed E-state index contributed by atoms with van der Waals surface area (Å²) in [5.41, 5.74) is 3.93. The standard InChI is InChI=1S/C23H19FN4O.ClH/c24-21-8-7-17-9-11-28(15-20(17)12-21)22(18-5-3-16(13-25)4-6-18)27-23(29)19-2-1-10-26-14-19;/h1-8,10,12,14,22H,9,11,15H2,(H,27,29);1H. The Balaban J connectivity index is 0.00000256. The van der Waals surface area contributed by atoms with Gasteiger partial charge in [0.1, 0.15) is 12.0 Å². The van der Waals surface area contributed by atoms with Crippen LogP contribution in [0.2, 0.25) is 0 Å². The number of aromatic nitrogens is 1. The molecular formula is C23H20ClFN4O. The molecule has 152 valence electrons. The van der Waals surface area contributed by atoms with Crippen molar-refractivity contribution in [3.05, 3.63) is 101 Å². The first-order valence-electron chi connectivity index (χ1n) is 9.36. The van der Waals surface area contributed by atoms with Gasteiger partial charge >= 0.3 is 0 Å². The Morgan fingerprint density at radius 3 is 2.67 bits per heavy atom. The fourth-order valence-corrected chi connectivity index (χ4v) is 3.60. The van der Waals surface area contributed by atoms with Crippen molar-refractivity contribution < 1.29 is 9.18 Å². The van der Waals surface area contributed by atoms with E-state index in [-0.39, 0.29) is 24.1 Å². The first-order valence-corrected chi connectivity index (χ1v) is 9.36. The van der Waals surface area contributed by atoms with Crippen LogP contribution in [0.3, 0.4) is 0 Å². The van der Waals surface area contributed by atoms with Gasteiger partial charge in [-0.2, -0.15) is 5.26 Å². The molecule has 1 atom stereocenters. The minimum Gasteiger partial charge on any atom is -0.332 e. The lowest BCUT2D eigenvalue weighted by Crippen LogP contribution is -2.43. The number of nitriles is 1. The third kappa shape index (κ3) is 4.65. The third-order valence-electron chi connectivity index (χ3n) is 5.12. The summed E-state index contributed by atoms with van der Waals surface area (Å²) in [6, 6.07) is 17.5. The molecule has 1 amide bonds. The lowest BCUT2D eigenvalue weighted by atomic mass is 9.98. The highest BCUT2D eigenvalue weighted by molar-refractivity contribution is 5.94. The average molecular weight is 423 g/mol. The summed E-state index contributed by atoms with van der Waals surface area (Å²) in [5, 5.41) is 12.1. The quantitative estimate of drug-likeness (QED) is 0.690. The number of hydrogen-bond acceptors (Lipinski definition) is 4. The molecule has 2 aromatic carbocycles. The van der Waals surface area contributed by atoms with E-state index in [2.05, 4.69) is 21.3 Å². The van der Waals surface area contributed by atoms with Gasteiger partial charge in [-0.3, -0.25) is 14.7 Å². The Labute approximate surface area is 180 Å². The highest BCUT2D eigenvalue weighted by Crippen LogP contribution is 2.27. The Hall–Kier alpha value is -3.27. The van der Waals surface area contributed by atoms with Gasteiger partial charge in [0.25, 0.3) is 5.91 Å². The zero-order valence-electron chi connectivity index (χ0n) is 16.1. The number of carbonyl (C=O) groups is 1. The Morgan fingerprint density at radius 1 is 1.17 bits per heavy atom. The van der Waals surface area contributed by atoms with Gasteiger partial charge in [-0.1, -0.05) is 18.2 Å². The number of benzene rings is 2. The summed E-state index contributed by atoms with van der Waals surface area (Å²) in [4.78, 5) is 18.9. The molecule has 2 heterocycles. The van der Waals surface area contributed by atoms with E-state index < -0.39 is 6.17 Å². The summed E-state index contributed by atoms with van der Waals surface area (Å²) < 4.78 is 13.7. The van der Waals surface area contributed by atoms with Gasteiger partial charge in [-0.25, -0.2) is 4.39 Å².